The summed E-state index contributed by atoms with van der Waals surface area (Å²) >= 11 is 0. The summed E-state index contributed by atoms with van der Waals surface area (Å²) in [5.41, 5.74) is -0.849. The third-order valence-electron chi connectivity index (χ3n) is 3.38. The van der Waals surface area contributed by atoms with Gasteiger partial charge in [0.1, 0.15) is 5.69 Å². The Balaban J connectivity index is 2.28. The fraction of sp³-hybridized carbons (Fsp3) is 0.417. The zero-order valence-electron chi connectivity index (χ0n) is 10.7. The second kappa shape index (κ2) is 4.66. The molecule has 0 aliphatic heterocycles. The minimum atomic E-state index is -4.24. The van der Waals surface area contributed by atoms with Crippen molar-refractivity contribution in [3.63, 3.8) is 0 Å². The van der Waals surface area contributed by atoms with Crippen LogP contribution in [0.1, 0.15) is 20.3 Å². The third-order valence-corrected chi connectivity index (χ3v) is 4.71. The largest absolute Gasteiger partial charge is 0.321 e. The molecule has 0 saturated heterocycles. The normalized spacial score (nSPS) is 20.6. The lowest BCUT2D eigenvalue weighted by Crippen LogP contribution is -2.18. The van der Waals surface area contributed by atoms with Crippen LogP contribution in [0.25, 0.3) is 0 Å². The number of hydrogen-bond acceptors (Lipinski definition) is 3. The lowest BCUT2D eigenvalue weighted by atomic mass is 10.1. The molecule has 20 heavy (non-hydrogen) atoms. The van der Waals surface area contributed by atoms with Crippen LogP contribution >= 0.6 is 10.7 Å². The van der Waals surface area contributed by atoms with Crippen LogP contribution in [-0.4, -0.2) is 14.3 Å². The molecule has 0 bridgehead atoms. The summed E-state index contributed by atoms with van der Waals surface area (Å²) < 4.78 is 49.4. The molecule has 1 aromatic carbocycles. The second-order valence-corrected chi connectivity index (χ2v) is 8.00. The number of amides is 1. The monoisotopic (exact) mass is 323 g/mol. The highest BCUT2D eigenvalue weighted by Gasteiger charge is 2.50. The molecule has 110 valence electrons. The van der Waals surface area contributed by atoms with E-state index < -0.39 is 37.2 Å². The molecular weight excluding hydrogens is 312 g/mol. The third kappa shape index (κ3) is 2.93. The standard InChI is InChI=1S/C12H12ClF2NO3S/c1-12(2)5-7(12)11(17)16-10-8(14)3-6(4-9(10)15)20(13,18)19/h3-4,7H,5H2,1-2H3,(H,16,17). The maximum Gasteiger partial charge on any atom is 0.261 e. The van der Waals surface area contributed by atoms with E-state index in [1.54, 1.807) is 0 Å². The summed E-state index contributed by atoms with van der Waals surface area (Å²) in [5, 5.41) is 2.15. The van der Waals surface area contributed by atoms with Gasteiger partial charge in [-0.05, 0) is 24.0 Å². The molecule has 1 aromatic rings. The average molecular weight is 324 g/mol. The highest BCUT2D eigenvalue weighted by atomic mass is 35.7. The Hall–Kier alpha value is -1.21. The van der Waals surface area contributed by atoms with Gasteiger partial charge >= 0.3 is 0 Å². The average Bonchev–Trinajstić information content (AvgIpc) is 2.91. The van der Waals surface area contributed by atoms with E-state index in [0.717, 1.165) is 0 Å². The summed E-state index contributed by atoms with van der Waals surface area (Å²) in [6.07, 6.45) is 0.635. The lowest BCUT2D eigenvalue weighted by Gasteiger charge is -2.09. The van der Waals surface area contributed by atoms with Gasteiger partial charge in [-0.3, -0.25) is 4.79 Å². The van der Waals surface area contributed by atoms with E-state index >= 15 is 0 Å². The molecule has 0 aromatic heterocycles. The van der Waals surface area contributed by atoms with Gasteiger partial charge in [0.2, 0.25) is 5.91 Å². The second-order valence-electron chi connectivity index (χ2n) is 5.43. The van der Waals surface area contributed by atoms with E-state index in [2.05, 4.69) is 5.32 Å². The van der Waals surface area contributed by atoms with Crippen molar-refractivity contribution in [2.45, 2.75) is 25.2 Å². The SMILES string of the molecule is CC1(C)CC1C(=O)Nc1c(F)cc(S(=O)(=O)Cl)cc1F. The zero-order chi connectivity index (χ0) is 15.3. The van der Waals surface area contributed by atoms with Crippen LogP contribution in [0.3, 0.4) is 0 Å². The Kier molecular flexibility index (Phi) is 3.54. The zero-order valence-corrected chi connectivity index (χ0v) is 12.3. The fourth-order valence-electron chi connectivity index (χ4n) is 1.94. The molecule has 0 heterocycles. The van der Waals surface area contributed by atoms with Crippen molar-refractivity contribution in [3.8, 4) is 0 Å². The summed E-state index contributed by atoms with van der Waals surface area (Å²) in [5.74, 6) is -3.17. The maximum absolute atomic E-state index is 13.7. The quantitative estimate of drug-likeness (QED) is 0.870. The van der Waals surface area contributed by atoms with Crippen LogP contribution in [0.5, 0.6) is 0 Å². The highest BCUT2D eigenvalue weighted by Crippen LogP contribution is 2.52. The molecule has 8 heteroatoms. The van der Waals surface area contributed by atoms with E-state index in [1.165, 1.54) is 0 Å². The molecule has 1 aliphatic rings. The van der Waals surface area contributed by atoms with Crippen molar-refractivity contribution >= 4 is 31.3 Å². The number of rotatable bonds is 3. The molecule has 2 rings (SSSR count). The first-order chi connectivity index (χ1) is 9.02. The van der Waals surface area contributed by atoms with Crippen LogP contribution < -0.4 is 5.32 Å². The Bertz CT molecular complexity index is 665. The number of hydrogen-bond donors (Lipinski definition) is 1. The smallest absolute Gasteiger partial charge is 0.261 e. The number of carbonyl (C=O) groups is 1. The highest BCUT2D eigenvalue weighted by molar-refractivity contribution is 8.13. The Morgan fingerprint density at radius 2 is 1.80 bits per heavy atom. The van der Waals surface area contributed by atoms with Crippen LogP contribution in [0.15, 0.2) is 17.0 Å². The van der Waals surface area contributed by atoms with E-state index in [4.69, 9.17) is 10.7 Å². The number of benzene rings is 1. The van der Waals surface area contributed by atoms with Gasteiger partial charge in [-0.1, -0.05) is 13.8 Å². The van der Waals surface area contributed by atoms with Gasteiger partial charge in [-0.2, -0.15) is 0 Å². The Morgan fingerprint density at radius 3 is 2.15 bits per heavy atom. The van der Waals surface area contributed by atoms with Crippen LogP contribution in [0.4, 0.5) is 14.5 Å². The maximum atomic E-state index is 13.7. The number of halogens is 3. The number of anilines is 1. The van der Waals surface area contributed by atoms with Crippen LogP contribution in [0.2, 0.25) is 0 Å². The molecule has 1 atom stereocenters. The van der Waals surface area contributed by atoms with E-state index in [-0.39, 0.29) is 11.3 Å². The molecule has 4 nitrogen and oxygen atoms in total. The number of nitrogens with one attached hydrogen (secondary N) is 1. The molecular formula is C12H12ClF2NO3S. The molecule has 1 aliphatic carbocycles. The minimum Gasteiger partial charge on any atom is -0.321 e. The van der Waals surface area contributed by atoms with E-state index in [0.29, 0.717) is 18.6 Å². The van der Waals surface area contributed by atoms with Crippen molar-refractivity contribution < 1.29 is 22.0 Å². The molecule has 0 spiro atoms. The van der Waals surface area contributed by atoms with Gasteiger partial charge < -0.3 is 5.32 Å². The van der Waals surface area contributed by atoms with Crippen molar-refractivity contribution in [1.82, 2.24) is 0 Å². The minimum absolute atomic E-state index is 0.184. The van der Waals surface area contributed by atoms with Gasteiger partial charge in [0.25, 0.3) is 9.05 Å². The summed E-state index contributed by atoms with van der Waals surface area (Å²) in [6.45, 7) is 3.74. The first-order valence-corrected chi connectivity index (χ1v) is 8.08. The van der Waals surface area contributed by atoms with E-state index in [9.17, 15) is 22.0 Å². The first kappa shape index (κ1) is 15.2. The Morgan fingerprint density at radius 1 is 1.35 bits per heavy atom. The predicted molar refractivity (Wildman–Crippen MR) is 69.9 cm³/mol. The van der Waals surface area contributed by atoms with Gasteiger partial charge in [0.05, 0.1) is 4.90 Å². The molecule has 1 N–H and O–H groups in total. The van der Waals surface area contributed by atoms with Gasteiger partial charge in [-0.25, -0.2) is 17.2 Å². The Labute approximate surface area is 119 Å². The predicted octanol–water partition coefficient (Wildman–Crippen LogP) is 2.88. The van der Waals surface area contributed by atoms with E-state index in [1.807, 2.05) is 13.8 Å². The molecule has 1 fully saturated rings. The topological polar surface area (TPSA) is 63.2 Å². The van der Waals surface area contributed by atoms with Crippen LogP contribution in [0, 0.1) is 23.0 Å². The number of carbonyl (C=O) groups excluding carboxylic acids is 1. The summed E-state index contributed by atoms with van der Waals surface area (Å²) in [4.78, 5) is 11.1. The molecule has 1 unspecified atom stereocenters. The van der Waals surface area contributed by atoms with Crippen molar-refractivity contribution in [1.29, 1.82) is 0 Å². The van der Waals surface area contributed by atoms with Gasteiger partial charge in [0.15, 0.2) is 11.6 Å². The first-order valence-electron chi connectivity index (χ1n) is 5.77. The molecule has 1 saturated carbocycles. The lowest BCUT2D eigenvalue weighted by molar-refractivity contribution is -0.118. The van der Waals surface area contributed by atoms with Crippen molar-refractivity contribution in [2.24, 2.45) is 11.3 Å². The molecule has 1 amide bonds. The van der Waals surface area contributed by atoms with Gasteiger partial charge in [-0.15, -0.1) is 0 Å². The van der Waals surface area contributed by atoms with Crippen molar-refractivity contribution in [3.05, 3.63) is 23.8 Å². The van der Waals surface area contributed by atoms with Gasteiger partial charge in [0, 0.05) is 16.6 Å². The van der Waals surface area contributed by atoms with Crippen LogP contribution in [-0.2, 0) is 13.8 Å². The van der Waals surface area contributed by atoms with Crippen molar-refractivity contribution in [2.75, 3.05) is 5.32 Å². The summed E-state index contributed by atoms with van der Waals surface area (Å²) in [6, 6.07) is 1.14. The molecule has 0 radical (unpaired) electrons. The fourth-order valence-corrected chi connectivity index (χ4v) is 2.69. The summed E-state index contributed by atoms with van der Waals surface area (Å²) in [7, 11) is 0.774.